The first-order valence-corrected chi connectivity index (χ1v) is 22.4. The topological polar surface area (TPSA) is 182 Å². The summed E-state index contributed by atoms with van der Waals surface area (Å²) in [6.07, 6.45) is 8.06. The van der Waals surface area contributed by atoms with Gasteiger partial charge in [0.2, 0.25) is 21.8 Å². The number of aromatic nitrogens is 1. The molecule has 0 radical (unpaired) electrons. The van der Waals surface area contributed by atoms with E-state index in [9.17, 15) is 27.6 Å². The van der Waals surface area contributed by atoms with E-state index in [1.165, 1.54) is 4.90 Å². The lowest BCUT2D eigenvalue weighted by Crippen LogP contribution is -2.58. The fourth-order valence-electron chi connectivity index (χ4n) is 8.88. The van der Waals surface area contributed by atoms with Gasteiger partial charge in [0.15, 0.2) is 0 Å². The molecule has 4 heterocycles. The van der Waals surface area contributed by atoms with Gasteiger partial charge in [0, 0.05) is 29.5 Å². The minimum absolute atomic E-state index is 0.0241. The molecule has 15 heteroatoms. The summed E-state index contributed by atoms with van der Waals surface area (Å²) in [4.78, 5) is 62.7. The highest BCUT2D eigenvalue weighted by Crippen LogP contribution is 2.48. The van der Waals surface area contributed by atoms with Gasteiger partial charge in [-0.05, 0) is 75.3 Å². The Kier molecular flexibility index (Phi) is 11.5. The molecule has 3 N–H and O–H groups in total. The number of sulfonamides is 1. The standard InChI is InChI=1S/C43H53N5O9S/c1-55-37-24-35-32-21-28(37)15-9-6-12-20-56-42(52)45-33-17-11-4-2-3-10-16-29-25-43(29,41(51)47-58(53,54)31-18-19-31)46-39(49)36-22-30(26-48(36)40(33)50)57-38(32)23-34(44-35)27-13-7-5-8-14-27/h5,7-8,13-14,21,23-24,29-31,33,36H,2-4,6,9-12,15-20,22,25-26H2,1H3,(H,45,52)(H,46,49)(H,47,51)/t29-,30+,33-,36-,43+/m0/s1. The van der Waals surface area contributed by atoms with Crippen LogP contribution in [0.5, 0.6) is 11.5 Å². The Bertz CT molecular complexity index is 2160. The number of nitrogens with zero attached hydrogens (tertiary/aromatic N) is 2. The first-order valence-electron chi connectivity index (χ1n) is 20.9. The third-order valence-corrected chi connectivity index (χ3v) is 14.2. The molecule has 3 aliphatic heterocycles. The van der Waals surface area contributed by atoms with Crippen molar-refractivity contribution >= 4 is 44.7 Å². The second-order valence-electron chi connectivity index (χ2n) is 16.6. The number of ether oxygens (including phenoxy) is 3. The Morgan fingerprint density at radius 1 is 0.948 bits per heavy atom. The Morgan fingerprint density at radius 3 is 2.48 bits per heavy atom. The van der Waals surface area contributed by atoms with Gasteiger partial charge in [0.1, 0.15) is 35.2 Å². The highest BCUT2D eigenvalue weighted by Gasteiger charge is 2.62. The van der Waals surface area contributed by atoms with Crippen LogP contribution in [-0.2, 0) is 35.6 Å². The summed E-state index contributed by atoms with van der Waals surface area (Å²) in [5, 5.41) is 5.94. The lowest BCUT2D eigenvalue weighted by atomic mass is 10.0. The fourth-order valence-corrected chi connectivity index (χ4v) is 10.2. The van der Waals surface area contributed by atoms with E-state index >= 15 is 0 Å². The van der Waals surface area contributed by atoms with Crippen molar-refractivity contribution in [2.45, 2.75) is 125 Å². The number of benzene rings is 2. The number of pyridine rings is 1. The second-order valence-corrected chi connectivity index (χ2v) is 18.5. The average Bonchev–Trinajstić information content (AvgIpc) is 4.14. The molecule has 2 saturated carbocycles. The molecule has 5 bridgehead atoms. The average molecular weight is 816 g/mol. The second kappa shape index (κ2) is 16.7. The van der Waals surface area contributed by atoms with Crippen LogP contribution in [0.3, 0.4) is 0 Å². The van der Waals surface area contributed by atoms with Gasteiger partial charge in [-0.1, -0.05) is 62.4 Å². The summed E-state index contributed by atoms with van der Waals surface area (Å²) in [7, 11) is -2.24. The molecule has 1 aromatic heterocycles. The van der Waals surface area contributed by atoms with E-state index in [-0.39, 0.29) is 25.5 Å². The van der Waals surface area contributed by atoms with E-state index < -0.39 is 62.8 Å². The molecule has 5 atom stereocenters. The predicted octanol–water partition coefficient (Wildman–Crippen LogP) is 5.31. The van der Waals surface area contributed by atoms with Crippen LogP contribution in [-0.4, -0.2) is 91.4 Å². The van der Waals surface area contributed by atoms with Gasteiger partial charge >= 0.3 is 6.09 Å². The molecule has 2 aliphatic carbocycles. The zero-order valence-electron chi connectivity index (χ0n) is 33.0. The van der Waals surface area contributed by atoms with Gasteiger partial charge < -0.3 is 29.7 Å². The smallest absolute Gasteiger partial charge is 0.407 e. The quantitative estimate of drug-likeness (QED) is 0.306. The van der Waals surface area contributed by atoms with E-state index in [2.05, 4.69) is 15.4 Å². The van der Waals surface area contributed by atoms with Crippen molar-refractivity contribution in [1.29, 1.82) is 0 Å². The number of hydrogen-bond donors (Lipinski definition) is 3. The molecule has 2 aromatic carbocycles. The van der Waals surface area contributed by atoms with E-state index in [4.69, 9.17) is 19.2 Å². The van der Waals surface area contributed by atoms with Crippen LogP contribution < -0.4 is 24.8 Å². The van der Waals surface area contributed by atoms with Crippen molar-refractivity contribution in [2.24, 2.45) is 5.92 Å². The molecule has 2 saturated heterocycles. The zero-order valence-corrected chi connectivity index (χ0v) is 33.8. The maximum Gasteiger partial charge on any atom is 0.407 e. The molecule has 14 nitrogen and oxygen atoms in total. The summed E-state index contributed by atoms with van der Waals surface area (Å²) < 4.78 is 46.4. The number of nitrogens with one attached hydrogen (secondary N) is 3. The summed E-state index contributed by atoms with van der Waals surface area (Å²) in [6.45, 7) is 0.209. The van der Waals surface area contributed by atoms with Crippen molar-refractivity contribution < 1.29 is 41.8 Å². The molecule has 8 rings (SSSR count). The zero-order chi connectivity index (χ0) is 40.4. The Morgan fingerprint density at radius 2 is 1.71 bits per heavy atom. The highest BCUT2D eigenvalue weighted by atomic mass is 32.2. The van der Waals surface area contributed by atoms with Gasteiger partial charge in [-0.2, -0.15) is 0 Å². The van der Waals surface area contributed by atoms with Crippen molar-refractivity contribution in [2.75, 3.05) is 20.3 Å². The maximum atomic E-state index is 14.7. The van der Waals surface area contributed by atoms with Crippen molar-refractivity contribution in [3.05, 3.63) is 54.1 Å². The largest absolute Gasteiger partial charge is 0.496 e. The summed E-state index contributed by atoms with van der Waals surface area (Å²) >= 11 is 0. The number of fused-ring (bicyclic) bond motifs is 4. The molecule has 0 unspecified atom stereocenters. The molecule has 4 amide bonds. The molecular formula is C43H53N5O9S. The third kappa shape index (κ3) is 8.60. The van der Waals surface area contributed by atoms with Crippen LogP contribution in [0.25, 0.3) is 22.2 Å². The maximum absolute atomic E-state index is 14.7. The number of carbonyl (C=O) groups is 4. The normalized spacial score (nSPS) is 27.4. The van der Waals surface area contributed by atoms with Crippen LogP contribution >= 0.6 is 0 Å². The number of aryl methyl sites for hydroxylation is 1. The van der Waals surface area contributed by atoms with Crippen molar-refractivity contribution in [3.8, 4) is 22.8 Å². The number of alkyl carbamates (subject to hydrolysis) is 1. The lowest BCUT2D eigenvalue weighted by molar-refractivity contribution is -0.141. The molecule has 58 heavy (non-hydrogen) atoms. The van der Waals surface area contributed by atoms with Gasteiger partial charge in [-0.3, -0.25) is 19.1 Å². The number of amides is 4. The van der Waals surface area contributed by atoms with Gasteiger partial charge in [0.05, 0.1) is 36.7 Å². The van der Waals surface area contributed by atoms with Crippen LogP contribution in [0.15, 0.2) is 48.5 Å². The fraction of sp³-hybridized carbons (Fsp3) is 0.558. The van der Waals surface area contributed by atoms with Crippen LogP contribution in [0.4, 0.5) is 4.79 Å². The Hall–Kier alpha value is -4.92. The summed E-state index contributed by atoms with van der Waals surface area (Å²) in [5.41, 5.74) is 1.78. The monoisotopic (exact) mass is 815 g/mol. The number of hydrogen-bond acceptors (Lipinski definition) is 10. The number of cyclic esters (lactones) is 1. The Balaban J connectivity index is 1.17. The summed E-state index contributed by atoms with van der Waals surface area (Å²) in [5.74, 6) is -0.754. The number of rotatable bonds is 5. The van der Waals surface area contributed by atoms with Gasteiger partial charge in [-0.15, -0.1) is 0 Å². The van der Waals surface area contributed by atoms with Crippen LogP contribution in [0.2, 0.25) is 0 Å². The minimum Gasteiger partial charge on any atom is -0.496 e. The van der Waals surface area contributed by atoms with Crippen molar-refractivity contribution in [1.82, 2.24) is 25.2 Å². The predicted molar refractivity (Wildman–Crippen MR) is 215 cm³/mol. The SMILES string of the molecule is COc1cc2nc(-c3ccccc3)cc3c2cc1CCCCCOC(=O)N[C@H]1CCCCCCC[C@H]2C[C@@]2(C(=O)NS(=O)(=O)C2CC2)NC(=O)[C@@H]2C[C@H](CN2C1=O)O3. The Labute approximate surface area is 339 Å². The summed E-state index contributed by atoms with van der Waals surface area (Å²) in [6, 6.07) is 13.5. The van der Waals surface area contributed by atoms with E-state index in [0.29, 0.717) is 74.1 Å². The van der Waals surface area contributed by atoms with Gasteiger partial charge in [0.25, 0.3) is 5.91 Å². The number of methoxy groups -OCH3 is 1. The molecular weight excluding hydrogens is 763 g/mol. The molecule has 3 aromatic rings. The molecule has 5 aliphatic rings. The molecule has 310 valence electrons. The first-order chi connectivity index (χ1) is 28.0. The lowest BCUT2D eigenvalue weighted by Gasteiger charge is -2.29. The minimum atomic E-state index is -3.87. The molecule has 4 fully saturated rings. The van der Waals surface area contributed by atoms with Crippen molar-refractivity contribution in [3.63, 3.8) is 0 Å². The van der Waals surface area contributed by atoms with Gasteiger partial charge in [-0.25, -0.2) is 18.2 Å². The van der Waals surface area contributed by atoms with E-state index in [0.717, 1.165) is 55.0 Å². The molecule has 0 spiro atoms. The van der Waals surface area contributed by atoms with E-state index in [1.54, 1.807) is 7.11 Å². The van der Waals surface area contributed by atoms with Crippen LogP contribution in [0.1, 0.15) is 95.5 Å². The highest BCUT2D eigenvalue weighted by molar-refractivity contribution is 7.91. The third-order valence-electron chi connectivity index (χ3n) is 12.4. The van der Waals surface area contributed by atoms with E-state index in [1.807, 2.05) is 48.5 Å². The number of carbonyl (C=O) groups excluding carboxylic acids is 4. The van der Waals surface area contributed by atoms with Crippen LogP contribution in [0, 0.1) is 5.92 Å². The first kappa shape index (κ1) is 39.9.